The third-order valence-corrected chi connectivity index (χ3v) is 6.01. The molecule has 0 aliphatic carbocycles. The van der Waals surface area contributed by atoms with Crippen LogP contribution in [0.25, 0.3) is 0 Å². The van der Waals surface area contributed by atoms with Gasteiger partial charge < -0.3 is 4.90 Å². The lowest BCUT2D eigenvalue weighted by atomic mass is 10.2. The number of benzene rings is 2. The Hall–Kier alpha value is -2.52. The van der Waals surface area contributed by atoms with Crippen molar-refractivity contribution in [2.75, 3.05) is 31.1 Å². The lowest BCUT2D eigenvalue weighted by molar-refractivity contribution is -0.387. The highest BCUT2D eigenvalue weighted by Gasteiger charge is 2.30. The monoisotopic (exact) mass is 365 g/mol. The van der Waals surface area contributed by atoms with Gasteiger partial charge in [0.05, 0.1) is 9.82 Å². The molecule has 0 radical (unpaired) electrons. The summed E-state index contributed by atoms with van der Waals surface area (Å²) in [6.07, 6.45) is 0. The molecule has 0 bridgehead atoms. The zero-order valence-electron chi connectivity index (χ0n) is 13.2. The predicted octanol–water partition coefficient (Wildman–Crippen LogP) is 2.24. The first kappa shape index (κ1) is 17.3. The molecule has 2 aromatic rings. The molecule has 1 aliphatic heterocycles. The van der Waals surface area contributed by atoms with E-state index >= 15 is 0 Å². The van der Waals surface area contributed by atoms with Crippen LogP contribution < -0.4 is 4.90 Å². The number of piperazine rings is 1. The van der Waals surface area contributed by atoms with Crippen LogP contribution >= 0.6 is 0 Å². The highest BCUT2D eigenvalue weighted by atomic mass is 32.2. The lowest BCUT2D eigenvalue weighted by Gasteiger charge is -2.35. The van der Waals surface area contributed by atoms with Gasteiger partial charge in [0.1, 0.15) is 0 Å². The van der Waals surface area contributed by atoms with Gasteiger partial charge >= 0.3 is 5.69 Å². The Labute approximate surface area is 144 Å². The van der Waals surface area contributed by atoms with Gasteiger partial charge in [-0.2, -0.15) is 8.70 Å². The van der Waals surface area contributed by atoms with Gasteiger partial charge in [0.25, 0.3) is 0 Å². The molecule has 1 heterocycles. The summed E-state index contributed by atoms with van der Waals surface area (Å²) in [7, 11) is -3.90. The molecule has 0 N–H and O–H groups in total. The number of nitrogens with zero attached hydrogens (tertiary/aromatic N) is 3. The van der Waals surface area contributed by atoms with Crippen LogP contribution in [0.2, 0.25) is 0 Å². The van der Waals surface area contributed by atoms with Crippen molar-refractivity contribution in [2.45, 2.75) is 4.90 Å². The first-order valence-corrected chi connectivity index (χ1v) is 9.08. The van der Waals surface area contributed by atoms with Gasteiger partial charge in [-0.25, -0.2) is 8.42 Å². The quantitative estimate of drug-likeness (QED) is 0.613. The van der Waals surface area contributed by atoms with Gasteiger partial charge in [0.2, 0.25) is 15.8 Å². The minimum absolute atomic E-state index is 0.252. The van der Waals surface area contributed by atoms with E-state index < -0.39 is 26.5 Å². The number of sulfonamides is 1. The molecular formula is C16H16FN3O4S. The standard InChI is InChI=1S/C16H16FN3O4S/c17-15-7-6-14(12-16(15)20(21)22)25(23,24)19-10-8-18(9-11-19)13-4-2-1-3-5-13/h1-7,12H,8-11H2. The second-order valence-corrected chi connectivity index (χ2v) is 7.53. The van der Waals surface area contributed by atoms with E-state index in [2.05, 4.69) is 4.90 Å². The Morgan fingerprint density at radius 1 is 1.00 bits per heavy atom. The predicted molar refractivity (Wildman–Crippen MR) is 90.5 cm³/mol. The number of anilines is 1. The third-order valence-electron chi connectivity index (χ3n) is 4.11. The molecule has 1 fully saturated rings. The number of para-hydroxylation sites is 1. The van der Waals surface area contributed by atoms with Crippen molar-refractivity contribution in [3.05, 3.63) is 64.5 Å². The summed E-state index contributed by atoms with van der Waals surface area (Å²) >= 11 is 0. The average molecular weight is 365 g/mol. The minimum atomic E-state index is -3.90. The highest BCUT2D eigenvalue weighted by Crippen LogP contribution is 2.25. The fourth-order valence-electron chi connectivity index (χ4n) is 2.77. The summed E-state index contributed by atoms with van der Waals surface area (Å²) in [6.45, 7) is 1.52. The zero-order valence-corrected chi connectivity index (χ0v) is 14.0. The summed E-state index contributed by atoms with van der Waals surface area (Å²) in [4.78, 5) is 11.7. The van der Waals surface area contributed by atoms with E-state index in [1.54, 1.807) is 0 Å². The molecule has 9 heteroatoms. The summed E-state index contributed by atoms with van der Waals surface area (Å²) < 4.78 is 40.1. The maximum absolute atomic E-state index is 13.4. The largest absolute Gasteiger partial charge is 0.369 e. The van der Waals surface area contributed by atoms with E-state index in [0.717, 1.165) is 23.9 Å². The molecule has 25 heavy (non-hydrogen) atoms. The summed E-state index contributed by atoms with van der Waals surface area (Å²) in [6, 6.07) is 12.3. The summed E-state index contributed by atoms with van der Waals surface area (Å²) in [5.41, 5.74) is 0.168. The van der Waals surface area contributed by atoms with Crippen LogP contribution in [0.15, 0.2) is 53.4 Å². The lowest BCUT2D eigenvalue weighted by Crippen LogP contribution is -2.48. The average Bonchev–Trinajstić information content (AvgIpc) is 2.62. The van der Waals surface area contributed by atoms with Crippen molar-refractivity contribution < 1.29 is 17.7 Å². The van der Waals surface area contributed by atoms with Crippen molar-refractivity contribution in [1.82, 2.24) is 4.31 Å². The number of nitro groups is 1. The second-order valence-electron chi connectivity index (χ2n) is 5.60. The van der Waals surface area contributed by atoms with Crippen molar-refractivity contribution in [3.8, 4) is 0 Å². The number of hydrogen-bond donors (Lipinski definition) is 0. The molecule has 1 saturated heterocycles. The molecular weight excluding hydrogens is 349 g/mol. The first-order chi connectivity index (χ1) is 11.9. The fraction of sp³-hybridized carbons (Fsp3) is 0.250. The highest BCUT2D eigenvalue weighted by molar-refractivity contribution is 7.89. The molecule has 1 aliphatic rings. The van der Waals surface area contributed by atoms with E-state index in [9.17, 15) is 22.9 Å². The van der Waals surface area contributed by atoms with E-state index in [4.69, 9.17) is 0 Å². The Morgan fingerprint density at radius 3 is 2.24 bits per heavy atom. The maximum atomic E-state index is 13.4. The molecule has 132 valence electrons. The van der Waals surface area contributed by atoms with E-state index in [-0.39, 0.29) is 18.0 Å². The van der Waals surface area contributed by atoms with Crippen LogP contribution in [0.1, 0.15) is 0 Å². The van der Waals surface area contributed by atoms with Crippen molar-refractivity contribution in [1.29, 1.82) is 0 Å². The van der Waals surface area contributed by atoms with Crippen LogP contribution in [0, 0.1) is 15.9 Å². The summed E-state index contributed by atoms with van der Waals surface area (Å²) in [5, 5.41) is 10.8. The molecule has 0 spiro atoms. The smallest absolute Gasteiger partial charge is 0.306 e. The first-order valence-electron chi connectivity index (χ1n) is 7.64. The van der Waals surface area contributed by atoms with Gasteiger partial charge in [0, 0.05) is 37.9 Å². The Kier molecular flexibility index (Phi) is 4.69. The fourth-order valence-corrected chi connectivity index (χ4v) is 4.21. The molecule has 0 saturated carbocycles. The molecule has 3 rings (SSSR count). The third kappa shape index (κ3) is 3.47. The SMILES string of the molecule is O=[N+]([O-])c1cc(S(=O)(=O)N2CCN(c3ccccc3)CC2)ccc1F. The normalized spacial score (nSPS) is 16.0. The van der Waals surface area contributed by atoms with Gasteiger partial charge in [-0.1, -0.05) is 18.2 Å². The van der Waals surface area contributed by atoms with E-state index in [1.165, 1.54) is 4.31 Å². The zero-order chi connectivity index (χ0) is 18.0. The molecule has 7 nitrogen and oxygen atoms in total. The molecule has 0 unspecified atom stereocenters. The van der Waals surface area contributed by atoms with Crippen LogP contribution in [0.4, 0.5) is 15.8 Å². The molecule has 0 atom stereocenters. The van der Waals surface area contributed by atoms with Crippen LogP contribution in [-0.2, 0) is 10.0 Å². The van der Waals surface area contributed by atoms with Gasteiger partial charge in [-0.15, -0.1) is 0 Å². The van der Waals surface area contributed by atoms with E-state index in [1.807, 2.05) is 30.3 Å². The minimum Gasteiger partial charge on any atom is -0.369 e. The van der Waals surface area contributed by atoms with Crippen molar-refractivity contribution >= 4 is 21.4 Å². The molecule has 2 aromatic carbocycles. The number of hydrogen-bond acceptors (Lipinski definition) is 5. The van der Waals surface area contributed by atoms with Crippen LogP contribution in [0.3, 0.4) is 0 Å². The maximum Gasteiger partial charge on any atom is 0.306 e. The number of halogens is 1. The summed E-state index contributed by atoms with van der Waals surface area (Å²) in [5.74, 6) is -1.06. The van der Waals surface area contributed by atoms with Crippen molar-refractivity contribution in [3.63, 3.8) is 0 Å². The molecule has 0 aromatic heterocycles. The van der Waals surface area contributed by atoms with Gasteiger partial charge in [0.15, 0.2) is 0 Å². The Bertz CT molecular complexity index is 882. The Balaban J connectivity index is 1.78. The van der Waals surface area contributed by atoms with Gasteiger partial charge in [-0.05, 0) is 24.3 Å². The molecule has 0 amide bonds. The topological polar surface area (TPSA) is 83.8 Å². The van der Waals surface area contributed by atoms with Crippen LogP contribution in [0.5, 0.6) is 0 Å². The van der Waals surface area contributed by atoms with Gasteiger partial charge in [-0.3, -0.25) is 10.1 Å². The van der Waals surface area contributed by atoms with Crippen LogP contribution in [-0.4, -0.2) is 43.8 Å². The van der Waals surface area contributed by atoms with E-state index in [0.29, 0.717) is 13.1 Å². The number of nitro benzene ring substituents is 1. The Morgan fingerprint density at radius 2 is 1.64 bits per heavy atom. The second kappa shape index (κ2) is 6.77. The number of rotatable bonds is 4. The van der Waals surface area contributed by atoms with Crippen molar-refractivity contribution in [2.24, 2.45) is 0 Å².